The molecule has 0 spiro atoms. The van der Waals surface area contributed by atoms with Gasteiger partial charge in [0.1, 0.15) is 6.61 Å². The third-order valence-corrected chi connectivity index (χ3v) is 8.21. The summed E-state index contributed by atoms with van der Waals surface area (Å²) in [6.07, 6.45) is 7.45. The van der Waals surface area contributed by atoms with Crippen LogP contribution in [0.5, 0.6) is 11.5 Å². The predicted octanol–water partition coefficient (Wildman–Crippen LogP) is 8.17. The van der Waals surface area contributed by atoms with Gasteiger partial charge >= 0.3 is 0 Å². The number of thioether (sulfide) groups is 1. The second kappa shape index (κ2) is 12.1. The van der Waals surface area contributed by atoms with E-state index in [0.717, 1.165) is 47.7 Å². The maximum absolute atomic E-state index is 13.7. The molecule has 1 aliphatic carbocycles. The number of amidine groups is 1. The van der Waals surface area contributed by atoms with E-state index in [9.17, 15) is 4.79 Å². The molecule has 1 amide bonds. The van der Waals surface area contributed by atoms with E-state index in [-0.39, 0.29) is 11.9 Å². The molecule has 2 aliphatic rings. The van der Waals surface area contributed by atoms with Crippen molar-refractivity contribution >= 4 is 46.2 Å². The largest absolute Gasteiger partial charge is 0.493 e. The Bertz CT molecular complexity index is 1360. The van der Waals surface area contributed by atoms with Crippen LogP contribution in [0.2, 0.25) is 5.02 Å². The highest BCUT2D eigenvalue weighted by Gasteiger charge is 2.38. The molecule has 2 fully saturated rings. The topological polar surface area (TPSA) is 51.1 Å². The summed E-state index contributed by atoms with van der Waals surface area (Å²) in [6, 6.07) is 21.6. The van der Waals surface area contributed by atoms with Gasteiger partial charge in [-0.3, -0.25) is 9.69 Å². The Morgan fingerprint density at radius 1 is 1.03 bits per heavy atom. The van der Waals surface area contributed by atoms with Crippen molar-refractivity contribution in [3.63, 3.8) is 0 Å². The highest BCUT2D eigenvalue weighted by Crippen LogP contribution is 2.39. The Kier molecular flexibility index (Phi) is 8.40. The third-order valence-electron chi connectivity index (χ3n) is 6.86. The van der Waals surface area contributed by atoms with Crippen molar-refractivity contribution in [2.75, 3.05) is 7.11 Å². The molecule has 0 aromatic heterocycles. The number of aryl methyl sites for hydroxylation is 1. The molecular formula is C31H31ClN2O3S. The smallest absolute Gasteiger partial charge is 0.267 e. The third kappa shape index (κ3) is 6.08. The second-order valence-electron chi connectivity index (χ2n) is 9.60. The molecule has 7 heteroatoms. The Morgan fingerprint density at radius 3 is 2.53 bits per heavy atom. The number of hydrogen-bond acceptors (Lipinski definition) is 5. The monoisotopic (exact) mass is 546 g/mol. The standard InChI is InChI=1S/C31H31ClN2O3S/c1-21-12-15-24(16-13-21)33-31-34(25-9-4-3-5-10-25)30(35)29(38-31)19-22-14-17-27(28(18-22)36-2)37-20-23-8-6-7-11-26(23)32/h6-8,11-19,25H,3-5,9-10,20H2,1-2H3/b29-19+,33-31?. The summed E-state index contributed by atoms with van der Waals surface area (Å²) in [5, 5.41) is 1.42. The first-order chi connectivity index (χ1) is 18.5. The molecule has 1 aliphatic heterocycles. The average Bonchev–Trinajstić information content (AvgIpc) is 3.24. The van der Waals surface area contributed by atoms with Crippen LogP contribution >= 0.6 is 23.4 Å². The van der Waals surface area contributed by atoms with E-state index in [1.54, 1.807) is 7.11 Å². The number of amides is 1. The number of aliphatic imine (C=N–C) groups is 1. The Labute approximate surface area is 233 Å². The van der Waals surface area contributed by atoms with Crippen LogP contribution in [0.15, 0.2) is 76.6 Å². The molecule has 1 saturated heterocycles. The summed E-state index contributed by atoms with van der Waals surface area (Å²) in [7, 11) is 1.61. The molecule has 196 valence electrons. The van der Waals surface area contributed by atoms with Gasteiger partial charge in [0.2, 0.25) is 0 Å². The molecule has 5 rings (SSSR count). The Morgan fingerprint density at radius 2 is 1.79 bits per heavy atom. The van der Waals surface area contributed by atoms with Gasteiger partial charge in [-0.05, 0) is 73.5 Å². The number of nitrogens with zero attached hydrogens (tertiary/aromatic N) is 2. The van der Waals surface area contributed by atoms with Crippen LogP contribution < -0.4 is 9.47 Å². The lowest BCUT2D eigenvalue weighted by atomic mass is 9.94. The molecule has 0 radical (unpaired) electrons. The van der Waals surface area contributed by atoms with E-state index in [1.165, 1.54) is 23.7 Å². The molecule has 38 heavy (non-hydrogen) atoms. The fourth-order valence-corrected chi connectivity index (χ4v) is 6.02. The number of ether oxygens (including phenoxy) is 2. The fraction of sp³-hybridized carbons (Fsp3) is 0.290. The van der Waals surface area contributed by atoms with E-state index in [0.29, 0.717) is 28.0 Å². The molecule has 1 heterocycles. The maximum Gasteiger partial charge on any atom is 0.267 e. The molecule has 3 aromatic rings. The highest BCUT2D eigenvalue weighted by molar-refractivity contribution is 8.18. The molecular weight excluding hydrogens is 516 g/mol. The van der Waals surface area contributed by atoms with Crippen molar-refractivity contribution in [2.45, 2.75) is 51.7 Å². The van der Waals surface area contributed by atoms with Crippen LogP contribution in [0.1, 0.15) is 48.8 Å². The number of benzene rings is 3. The number of rotatable bonds is 7. The van der Waals surface area contributed by atoms with E-state index >= 15 is 0 Å². The lowest BCUT2D eigenvalue weighted by Crippen LogP contribution is -2.40. The number of hydrogen-bond donors (Lipinski definition) is 0. The zero-order valence-corrected chi connectivity index (χ0v) is 23.2. The quantitative estimate of drug-likeness (QED) is 0.280. The molecule has 0 atom stereocenters. The van der Waals surface area contributed by atoms with Crippen molar-refractivity contribution in [3.05, 3.63) is 93.3 Å². The van der Waals surface area contributed by atoms with Gasteiger partial charge in [-0.2, -0.15) is 0 Å². The van der Waals surface area contributed by atoms with Gasteiger partial charge in [0.25, 0.3) is 5.91 Å². The normalized spacial score (nSPS) is 18.4. The van der Waals surface area contributed by atoms with E-state index in [1.807, 2.05) is 77.7 Å². The minimum absolute atomic E-state index is 0.0192. The van der Waals surface area contributed by atoms with Crippen molar-refractivity contribution in [2.24, 2.45) is 4.99 Å². The average molecular weight is 547 g/mol. The van der Waals surface area contributed by atoms with Crippen LogP contribution in [0.3, 0.4) is 0 Å². The highest BCUT2D eigenvalue weighted by atomic mass is 35.5. The van der Waals surface area contributed by atoms with E-state index < -0.39 is 0 Å². The van der Waals surface area contributed by atoms with Gasteiger partial charge < -0.3 is 9.47 Å². The number of carbonyl (C=O) groups excluding carboxylic acids is 1. The van der Waals surface area contributed by atoms with Crippen LogP contribution in [-0.2, 0) is 11.4 Å². The van der Waals surface area contributed by atoms with Crippen molar-refractivity contribution in [1.82, 2.24) is 4.90 Å². The van der Waals surface area contributed by atoms with Gasteiger partial charge in [-0.25, -0.2) is 4.99 Å². The van der Waals surface area contributed by atoms with E-state index in [2.05, 4.69) is 6.92 Å². The summed E-state index contributed by atoms with van der Waals surface area (Å²) in [6.45, 7) is 2.39. The summed E-state index contributed by atoms with van der Waals surface area (Å²) < 4.78 is 11.6. The van der Waals surface area contributed by atoms with Crippen LogP contribution in [0.4, 0.5) is 5.69 Å². The SMILES string of the molecule is COc1cc(/C=C2/SC(=Nc3ccc(C)cc3)N(C3CCCCC3)C2=O)ccc1OCc1ccccc1Cl. The second-order valence-corrected chi connectivity index (χ2v) is 11.0. The Balaban J connectivity index is 1.40. The summed E-state index contributed by atoms with van der Waals surface area (Å²) in [5.74, 6) is 1.23. The lowest BCUT2D eigenvalue weighted by Gasteiger charge is -2.30. The van der Waals surface area contributed by atoms with Crippen LogP contribution in [0.25, 0.3) is 6.08 Å². The molecule has 0 N–H and O–H groups in total. The summed E-state index contributed by atoms with van der Waals surface area (Å²) in [5.41, 5.74) is 3.80. The first kappa shape index (κ1) is 26.4. The first-order valence-corrected chi connectivity index (χ1v) is 14.1. The van der Waals surface area contributed by atoms with Crippen molar-refractivity contribution in [3.8, 4) is 11.5 Å². The van der Waals surface area contributed by atoms with Gasteiger partial charge in [-0.1, -0.05) is 72.8 Å². The van der Waals surface area contributed by atoms with Crippen molar-refractivity contribution < 1.29 is 14.3 Å². The van der Waals surface area contributed by atoms with Crippen LogP contribution in [0, 0.1) is 6.92 Å². The Hall–Kier alpha value is -3.22. The van der Waals surface area contributed by atoms with Gasteiger partial charge in [-0.15, -0.1) is 0 Å². The fourth-order valence-electron chi connectivity index (χ4n) is 4.77. The number of methoxy groups -OCH3 is 1. The predicted molar refractivity (Wildman–Crippen MR) is 156 cm³/mol. The van der Waals surface area contributed by atoms with Gasteiger partial charge in [0.15, 0.2) is 16.7 Å². The zero-order valence-electron chi connectivity index (χ0n) is 21.7. The molecule has 0 unspecified atom stereocenters. The van der Waals surface area contributed by atoms with Gasteiger partial charge in [0.05, 0.1) is 17.7 Å². The molecule has 1 saturated carbocycles. The number of carbonyl (C=O) groups is 1. The zero-order chi connectivity index (χ0) is 26.5. The van der Waals surface area contributed by atoms with Gasteiger partial charge in [0, 0.05) is 16.6 Å². The first-order valence-electron chi connectivity index (χ1n) is 12.9. The summed E-state index contributed by atoms with van der Waals surface area (Å²) >= 11 is 7.71. The number of halogens is 1. The maximum atomic E-state index is 13.7. The minimum atomic E-state index is 0.0192. The van der Waals surface area contributed by atoms with Crippen LogP contribution in [-0.4, -0.2) is 29.1 Å². The van der Waals surface area contributed by atoms with E-state index in [4.69, 9.17) is 26.1 Å². The molecule has 5 nitrogen and oxygen atoms in total. The minimum Gasteiger partial charge on any atom is -0.493 e. The molecule has 3 aromatic carbocycles. The lowest BCUT2D eigenvalue weighted by molar-refractivity contribution is -0.124. The summed E-state index contributed by atoms with van der Waals surface area (Å²) in [4.78, 5) is 21.1. The molecule has 0 bridgehead atoms. The van der Waals surface area contributed by atoms with Crippen molar-refractivity contribution in [1.29, 1.82) is 0 Å².